The van der Waals surface area contributed by atoms with Gasteiger partial charge >= 0.3 is 6.18 Å². The average molecular weight is 311 g/mol. The van der Waals surface area contributed by atoms with Crippen molar-refractivity contribution in [3.8, 4) is 16.9 Å². The van der Waals surface area contributed by atoms with E-state index in [9.17, 15) is 18.3 Å². The first-order chi connectivity index (χ1) is 10.5. The van der Waals surface area contributed by atoms with Crippen molar-refractivity contribution >= 4 is 0 Å². The summed E-state index contributed by atoms with van der Waals surface area (Å²) < 4.78 is 43.4. The van der Waals surface area contributed by atoms with Crippen LogP contribution in [0.4, 0.5) is 13.2 Å². The Labute approximate surface area is 126 Å². The summed E-state index contributed by atoms with van der Waals surface area (Å²) in [6, 6.07) is 10.2. The van der Waals surface area contributed by atoms with Crippen molar-refractivity contribution in [3.63, 3.8) is 0 Å². The fraction of sp³-hybridized carbons (Fsp3) is 0.250. The van der Waals surface area contributed by atoms with Gasteiger partial charge in [0.15, 0.2) is 0 Å². The molecule has 0 bridgehead atoms. The van der Waals surface area contributed by atoms with Gasteiger partial charge in [0.1, 0.15) is 12.4 Å². The fourth-order valence-corrected chi connectivity index (χ4v) is 2.09. The van der Waals surface area contributed by atoms with Gasteiger partial charge in [0.05, 0.1) is 12.2 Å². The van der Waals surface area contributed by atoms with Crippen LogP contribution in [0, 0.1) is 0 Å². The van der Waals surface area contributed by atoms with Gasteiger partial charge < -0.3 is 15.6 Å². The van der Waals surface area contributed by atoms with Gasteiger partial charge in [-0.2, -0.15) is 13.2 Å². The summed E-state index contributed by atoms with van der Waals surface area (Å²) in [6.07, 6.45) is -4.43. The third-order valence-corrected chi connectivity index (χ3v) is 3.15. The number of aliphatic hydroxyl groups excluding tert-OH is 1. The van der Waals surface area contributed by atoms with Crippen molar-refractivity contribution in [1.82, 2.24) is 0 Å². The number of alkyl halides is 3. The van der Waals surface area contributed by atoms with Crippen LogP contribution in [0.25, 0.3) is 11.1 Å². The van der Waals surface area contributed by atoms with Crippen LogP contribution < -0.4 is 10.5 Å². The molecule has 118 valence electrons. The lowest BCUT2D eigenvalue weighted by Gasteiger charge is -2.13. The summed E-state index contributed by atoms with van der Waals surface area (Å²) in [7, 11) is 0. The maximum absolute atomic E-state index is 12.7. The van der Waals surface area contributed by atoms with Crippen LogP contribution in [0.5, 0.6) is 5.75 Å². The molecule has 2 aromatic carbocycles. The Morgan fingerprint density at radius 1 is 1.05 bits per heavy atom. The van der Waals surface area contributed by atoms with Gasteiger partial charge in [0, 0.05) is 6.54 Å². The Hall–Kier alpha value is -2.05. The maximum Gasteiger partial charge on any atom is 0.416 e. The van der Waals surface area contributed by atoms with E-state index in [1.807, 2.05) is 0 Å². The molecule has 0 unspecified atom stereocenters. The summed E-state index contributed by atoms with van der Waals surface area (Å²) >= 11 is 0. The highest BCUT2D eigenvalue weighted by molar-refractivity contribution is 5.68. The molecule has 6 heteroatoms. The van der Waals surface area contributed by atoms with Crippen molar-refractivity contribution in [3.05, 3.63) is 53.6 Å². The molecule has 3 nitrogen and oxygen atoms in total. The molecule has 2 aromatic rings. The van der Waals surface area contributed by atoms with Crippen molar-refractivity contribution in [1.29, 1.82) is 0 Å². The van der Waals surface area contributed by atoms with E-state index in [4.69, 9.17) is 10.5 Å². The van der Waals surface area contributed by atoms with Crippen LogP contribution in [-0.4, -0.2) is 18.3 Å². The van der Waals surface area contributed by atoms with Gasteiger partial charge in [-0.3, -0.25) is 0 Å². The predicted molar refractivity (Wildman–Crippen MR) is 77.4 cm³/mol. The molecule has 0 aromatic heterocycles. The van der Waals surface area contributed by atoms with Gasteiger partial charge in [-0.05, 0) is 41.0 Å². The minimum absolute atomic E-state index is 0.227. The Balaban J connectivity index is 2.32. The average Bonchev–Trinajstić information content (AvgIpc) is 2.52. The van der Waals surface area contributed by atoms with Crippen molar-refractivity contribution < 1.29 is 23.0 Å². The fourth-order valence-electron chi connectivity index (χ4n) is 2.09. The number of halogens is 3. The third-order valence-electron chi connectivity index (χ3n) is 3.15. The lowest BCUT2D eigenvalue weighted by molar-refractivity contribution is -0.137. The largest absolute Gasteiger partial charge is 0.492 e. The molecule has 0 aliphatic rings. The topological polar surface area (TPSA) is 55.5 Å². The molecule has 2 rings (SSSR count). The quantitative estimate of drug-likeness (QED) is 0.891. The predicted octanol–water partition coefficient (Wildman–Crippen LogP) is 3.20. The minimum atomic E-state index is -4.43. The normalized spacial score (nSPS) is 11.5. The summed E-state index contributed by atoms with van der Waals surface area (Å²) in [6.45, 7) is 0.321. The maximum atomic E-state index is 12.7. The van der Waals surface area contributed by atoms with E-state index in [1.54, 1.807) is 24.3 Å². The van der Waals surface area contributed by atoms with Gasteiger partial charge in [0.25, 0.3) is 0 Å². The highest BCUT2D eigenvalue weighted by Gasteiger charge is 2.30. The van der Waals surface area contributed by atoms with E-state index < -0.39 is 18.3 Å². The van der Waals surface area contributed by atoms with Crippen molar-refractivity contribution in [2.45, 2.75) is 12.8 Å². The molecule has 0 atom stereocenters. The molecular weight excluding hydrogens is 295 g/mol. The van der Waals surface area contributed by atoms with E-state index in [0.29, 0.717) is 30.0 Å². The highest BCUT2D eigenvalue weighted by atomic mass is 19.4. The molecule has 0 radical (unpaired) electrons. The lowest BCUT2D eigenvalue weighted by atomic mass is 9.97. The first kappa shape index (κ1) is 16.3. The number of hydrogen-bond donors (Lipinski definition) is 2. The van der Waals surface area contributed by atoms with E-state index in [1.165, 1.54) is 6.07 Å². The van der Waals surface area contributed by atoms with Crippen molar-refractivity contribution in [2.24, 2.45) is 5.73 Å². The summed E-state index contributed by atoms with van der Waals surface area (Å²) in [5.41, 5.74) is 6.05. The zero-order valence-electron chi connectivity index (χ0n) is 11.7. The minimum Gasteiger partial charge on any atom is -0.492 e. The number of benzene rings is 2. The van der Waals surface area contributed by atoms with Gasteiger partial charge in [-0.1, -0.05) is 18.2 Å². The van der Waals surface area contributed by atoms with Crippen LogP contribution in [0.1, 0.15) is 11.1 Å². The molecule has 0 heterocycles. The smallest absolute Gasteiger partial charge is 0.416 e. The second-order valence-electron chi connectivity index (χ2n) is 4.69. The molecule has 0 saturated heterocycles. The molecule has 0 aliphatic heterocycles. The van der Waals surface area contributed by atoms with Crippen LogP contribution in [0.2, 0.25) is 0 Å². The molecular formula is C16H16F3NO2. The number of nitrogens with two attached hydrogens (primary N) is 1. The third kappa shape index (κ3) is 3.78. The first-order valence-corrected chi connectivity index (χ1v) is 6.70. The molecule has 22 heavy (non-hydrogen) atoms. The zero-order chi connectivity index (χ0) is 16.2. The lowest BCUT2D eigenvalue weighted by Crippen LogP contribution is -2.10. The van der Waals surface area contributed by atoms with E-state index in [-0.39, 0.29) is 5.56 Å². The molecule has 0 fully saturated rings. The monoisotopic (exact) mass is 311 g/mol. The number of hydrogen-bond acceptors (Lipinski definition) is 3. The zero-order valence-corrected chi connectivity index (χ0v) is 11.7. The van der Waals surface area contributed by atoms with E-state index in [0.717, 1.165) is 12.1 Å². The van der Waals surface area contributed by atoms with Crippen molar-refractivity contribution in [2.75, 3.05) is 13.2 Å². The van der Waals surface area contributed by atoms with Crippen LogP contribution >= 0.6 is 0 Å². The van der Waals surface area contributed by atoms with Crippen LogP contribution in [0.15, 0.2) is 42.5 Å². The second kappa shape index (κ2) is 6.81. The Bertz CT molecular complexity index is 624. The van der Waals surface area contributed by atoms with E-state index >= 15 is 0 Å². The molecule has 0 aliphatic carbocycles. The van der Waals surface area contributed by atoms with Gasteiger partial charge in [0.2, 0.25) is 0 Å². The summed E-state index contributed by atoms with van der Waals surface area (Å²) in [4.78, 5) is 0. The summed E-state index contributed by atoms with van der Waals surface area (Å²) in [5, 5.41) is 9.33. The van der Waals surface area contributed by atoms with Crippen LogP contribution in [0.3, 0.4) is 0 Å². The Morgan fingerprint density at radius 2 is 1.73 bits per heavy atom. The highest BCUT2D eigenvalue weighted by Crippen LogP contribution is 2.33. The van der Waals surface area contributed by atoms with Gasteiger partial charge in [-0.25, -0.2) is 0 Å². The number of rotatable bonds is 5. The van der Waals surface area contributed by atoms with E-state index in [2.05, 4.69) is 0 Å². The number of aliphatic hydroxyl groups is 1. The van der Waals surface area contributed by atoms with Crippen LogP contribution in [-0.2, 0) is 12.8 Å². The number of ether oxygens (including phenoxy) is 1. The molecule has 0 saturated carbocycles. The molecule has 0 spiro atoms. The van der Waals surface area contributed by atoms with Gasteiger partial charge in [-0.15, -0.1) is 0 Å². The Morgan fingerprint density at radius 3 is 2.27 bits per heavy atom. The molecule has 3 N–H and O–H groups in total. The summed E-state index contributed by atoms with van der Waals surface area (Å²) in [5.74, 6) is 0.631. The first-order valence-electron chi connectivity index (χ1n) is 6.70. The molecule has 0 amide bonds. The standard InChI is InChI=1S/C16H16F3NO2/c17-16(18,19)13-3-6-15(12(9-13)10-21)11-1-4-14(5-2-11)22-8-7-20/h1-6,9,21H,7-8,10,20H2. The SMILES string of the molecule is NCCOc1ccc(-c2ccc(C(F)(F)F)cc2CO)cc1. The Kier molecular flexibility index (Phi) is 5.05. The second-order valence-corrected chi connectivity index (χ2v) is 4.69.